The Balaban J connectivity index is 0.000000280. The average molecular weight is 216 g/mol. The molecule has 0 fully saturated rings. The Labute approximate surface area is 88.4 Å². The van der Waals surface area contributed by atoms with E-state index in [0.717, 1.165) is 6.61 Å². The Morgan fingerprint density at radius 2 is 2.13 bits per heavy atom. The number of hydrogen-bond acceptors (Lipinski definition) is 3. The van der Waals surface area contributed by atoms with Gasteiger partial charge in [-0.3, -0.25) is 9.59 Å². The van der Waals surface area contributed by atoms with Gasteiger partial charge in [0.1, 0.15) is 0 Å². The zero-order valence-corrected chi connectivity index (χ0v) is 8.68. The zero-order valence-electron chi connectivity index (χ0n) is 8.68. The maximum absolute atomic E-state index is 9.97. The van der Waals surface area contributed by atoms with Crippen molar-refractivity contribution in [2.75, 3.05) is 6.61 Å². The molecule has 1 rings (SSSR count). The summed E-state index contributed by atoms with van der Waals surface area (Å²) in [6.45, 7) is 2.27. The van der Waals surface area contributed by atoms with Crippen LogP contribution in [-0.2, 0) is 14.3 Å². The fourth-order valence-electron chi connectivity index (χ4n) is 0.838. The molecule has 0 aromatic heterocycles. The number of allylic oxidation sites excluding steroid dienone is 1. The topological polar surface area (TPSA) is 83.8 Å². The lowest BCUT2D eigenvalue weighted by Gasteiger charge is -2.01. The number of hydrogen-bond donors (Lipinski definition) is 2. The zero-order chi connectivity index (χ0) is 11.7. The average Bonchev–Trinajstić information content (AvgIpc) is 2.20. The molecule has 1 heterocycles. The number of rotatable bonds is 3. The third kappa shape index (κ3) is 8.80. The lowest BCUT2D eigenvalue weighted by Crippen LogP contribution is -2.13. The van der Waals surface area contributed by atoms with E-state index >= 15 is 0 Å². The van der Waals surface area contributed by atoms with E-state index < -0.39 is 17.9 Å². The van der Waals surface area contributed by atoms with Crippen molar-refractivity contribution in [2.45, 2.75) is 26.2 Å². The van der Waals surface area contributed by atoms with Gasteiger partial charge in [0.05, 0.1) is 25.2 Å². The van der Waals surface area contributed by atoms with Crippen molar-refractivity contribution in [1.29, 1.82) is 0 Å². The molecule has 2 N–H and O–H groups in total. The molecule has 1 unspecified atom stereocenters. The van der Waals surface area contributed by atoms with Crippen molar-refractivity contribution in [3.63, 3.8) is 0 Å². The van der Waals surface area contributed by atoms with Gasteiger partial charge in [-0.05, 0) is 18.9 Å². The number of carbonyl (C=O) groups is 2. The molecule has 1 aliphatic rings. The van der Waals surface area contributed by atoms with Crippen LogP contribution in [0.1, 0.15) is 26.2 Å². The van der Waals surface area contributed by atoms with Crippen LogP contribution < -0.4 is 0 Å². The van der Waals surface area contributed by atoms with Crippen LogP contribution in [0.4, 0.5) is 0 Å². The molecule has 86 valence electrons. The summed E-state index contributed by atoms with van der Waals surface area (Å²) in [6.07, 6.45) is 5.89. The van der Waals surface area contributed by atoms with Crippen molar-refractivity contribution >= 4 is 11.9 Å². The van der Waals surface area contributed by atoms with E-state index in [0.29, 0.717) is 0 Å². The van der Waals surface area contributed by atoms with Crippen LogP contribution in [-0.4, -0.2) is 28.8 Å². The summed E-state index contributed by atoms with van der Waals surface area (Å²) in [5.74, 6) is -2.94. The number of carboxylic acid groups (broad SMARTS) is 2. The number of ether oxygens (including phenoxy) is 1. The summed E-state index contributed by atoms with van der Waals surface area (Å²) < 4.78 is 4.89. The molecule has 1 atom stereocenters. The summed E-state index contributed by atoms with van der Waals surface area (Å²) in [4.78, 5) is 19.8. The Hall–Kier alpha value is -1.52. The van der Waals surface area contributed by atoms with Gasteiger partial charge in [0.2, 0.25) is 0 Å². The molecule has 0 aliphatic carbocycles. The maximum Gasteiger partial charge on any atom is 0.306 e. The smallest absolute Gasteiger partial charge is 0.306 e. The van der Waals surface area contributed by atoms with Crippen molar-refractivity contribution in [2.24, 2.45) is 5.92 Å². The Kier molecular flexibility index (Phi) is 7.05. The summed E-state index contributed by atoms with van der Waals surface area (Å²) in [5, 5.41) is 16.2. The molecule has 0 amide bonds. The van der Waals surface area contributed by atoms with Gasteiger partial charge in [-0.1, -0.05) is 6.92 Å². The first-order valence-electron chi connectivity index (χ1n) is 4.75. The molecule has 5 heteroatoms. The van der Waals surface area contributed by atoms with Crippen molar-refractivity contribution in [3.8, 4) is 0 Å². The molecule has 0 saturated carbocycles. The largest absolute Gasteiger partial charge is 0.502 e. The highest BCUT2D eigenvalue weighted by molar-refractivity contribution is 5.77. The van der Waals surface area contributed by atoms with Gasteiger partial charge in [0.25, 0.3) is 0 Å². The fourth-order valence-corrected chi connectivity index (χ4v) is 0.838. The lowest BCUT2D eigenvalue weighted by atomic mass is 10.1. The van der Waals surface area contributed by atoms with Gasteiger partial charge >= 0.3 is 11.9 Å². The minimum Gasteiger partial charge on any atom is -0.502 e. The Bertz CT molecular complexity index is 226. The van der Waals surface area contributed by atoms with Crippen molar-refractivity contribution in [3.05, 3.63) is 12.3 Å². The maximum atomic E-state index is 9.97. The fraction of sp³-hybridized carbons (Fsp3) is 0.600. The molecule has 5 nitrogen and oxygen atoms in total. The van der Waals surface area contributed by atoms with Gasteiger partial charge in [-0.25, -0.2) is 0 Å². The van der Waals surface area contributed by atoms with Crippen LogP contribution >= 0.6 is 0 Å². The second kappa shape index (κ2) is 7.84. The van der Waals surface area contributed by atoms with Crippen LogP contribution in [0.15, 0.2) is 12.3 Å². The summed E-state index contributed by atoms with van der Waals surface area (Å²) >= 11 is 0. The lowest BCUT2D eigenvalue weighted by molar-refractivity contribution is -0.147. The molecular formula is C10H16O5. The summed E-state index contributed by atoms with van der Waals surface area (Å²) in [5.41, 5.74) is 0. The van der Waals surface area contributed by atoms with E-state index in [1.54, 1.807) is 6.26 Å². The molecule has 15 heavy (non-hydrogen) atoms. The highest BCUT2D eigenvalue weighted by Gasteiger charge is 2.13. The van der Waals surface area contributed by atoms with Crippen molar-refractivity contribution < 1.29 is 24.5 Å². The molecular weight excluding hydrogens is 200 g/mol. The minimum absolute atomic E-state index is 0.310. The number of aliphatic carboxylic acids is 2. The van der Waals surface area contributed by atoms with Gasteiger partial charge in [-0.2, -0.15) is 0 Å². The molecule has 0 bridgehead atoms. The third-order valence-corrected chi connectivity index (χ3v) is 1.73. The first-order valence-corrected chi connectivity index (χ1v) is 4.75. The van der Waals surface area contributed by atoms with Crippen LogP contribution in [0.3, 0.4) is 0 Å². The third-order valence-electron chi connectivity index (χ3n) is 1.73. The molecule has 1 aliphatic heterocycles. The predicted molar refractivity (Wildman–Crippen MR) is 53.4 cm³/mol. The standard InChI is InChI=1S/C5H8O4.C5H8O/c1-3(5(8)9)2-4(6)7;1-2-4-6-5-3-1/h3H,2H2,1H3,(H,6,7)(H,8,9);2,4H,1,3,5H2. The molecule has 0 aromatic rings. The van der Waals surface area contributed by atoms with Crippen LogP contribution in [0, 0.1) is 5.92 Å². The molecule has 0 radical (unpaired) electrons. The SMILES string of the molecule is C1=COCCC1.CC(CC(=O)O)C(=O)O. The highest BCUT2D eigenvalue weighted by atomic mass is 16.5. The van der Waals surface area contributed by atoms with E-state index in [9.17, 15) is 9.59 Å². The van der Waals surface area contributed by atoms with E-state index in [2.05, 4.69) is 0 Å². The van der Waals surface area contributed by atoms with Crippen LogP contribution in [0.2, 0.25) is 0 Å². The second-order valence-electron chi connectivity index (χ2n) is 3.22. The van der Waals surface area contributed by atoms with Gasteiger partial charge in [0.15, 0.2) is 0 Å². The quantitative estimate of drug-likeness (QED) is 0.746. The van der Waals surface area contributed by atoms with E-state index in [4.69, 9.17) is 14.9 Å². The van der Waals surface area contributed by atoms with E-state index in [1.165, 1.54) is 19.8 Å². The number of carboxylic acids is 2. The van der Waals surface area contributed by atoms with Gasteiger partial charge in [0, 0.05) is 0 Å². The van der Waals surface area contributed by atoms with Gasteiger partial charge < -0.3 is 14.9 Å². The van der Waals surface area contributed by atoms with Crippen LogP contribution in [0.5, 0.6) is 0 Å². The first kappa shape index (κ1) is 13.5. The summed E-state index contributed by atoms with van der Waals surface area (Å²) in [6, 6.07) is 0. The highest BCUT2D eigenvalue weighted by Crippen LogP contribution is 2.00. The second-order valence-corrected chi connectivity index (χ2v) is 3.22. The minimum atomic E-state index is -1.08. The molecule has 0 aromatic carbocycles. The van der Waals surface area contributed by atoms with E-state index in [-0.39, 0.29) is 6.42 Å². The molecule has 0 saturated heterocycles. The van der Waals surface area contributed by atoms with E-state index in [1.807, 2.05) is 6.08 Å². The monoisotopic (exact) mass is 216 g/mol. The first-order chi connectivity index (χ1) is 7.04. The molecule has 0 spiro atoms. The van der Waals surface area contributed by atoms with Crippen molar-refractivity contribution in [1.82, 2.24) is 0 Å². The Morgan fingerprint density at radius 3 is 2.27 bits per heavy atom. The summed E-state index contributed by atoms with van der Waals surface area (Å²) in [7, 11) is 0. The normalized spacial score (nSPS) is 15.5. The Morgan fingerprint density at radius 1 is 1.47 bits per heavy atom. The predicted octanol–water partition coefficient (Wildman–Crippen LogP) is 1.49. The van der Waals surface area contributed by atoms with Crippen LogP contribution in [0.25, 0.3) is 0 Å². The van der Waals surface area contributed by atoms with Gasteiger partial charge in [-0.15, -0.1) is 0 Å².